The molecule has 1 heterocycles. The maximum absolute atomic E-state index is 3.68. The lowest BCUT2D eigenvalue weighted by molar-refractivity contribution is 0.0966. The van der Waals surface area contributed by atoms with E-state index in [1.54, 1.807) is 4.88 Å². The van der Waals surface area contributed by atoms with Crippen molar-refractivity contribution < 1.29 is 0 Å². The van der Waals surface area contributed by atoms with Gasteiger partial charge in [-0.2, -0.15) is 0 Å². The maximum Gasteiger partial charge on any atom is 0.00480 e. The molecule has 0 spiro atoms. The van der Waals surface area contributed by atoms with E-state index < -0.39 is 0 Å². The van der Waals surface area contributed by atoms with E-state index in [2.05, 4.69) is 57.4 Å². The molecule has 0 bridgehead atoms. The van der Waals surface area contributed by atoms with Crippen LogP contribution in [-0.2, 0) is 6.42 Å². The van der Waals surface area contributed by atoms with Gasteiger partial charge in [-0.3, -0.25) is 0 Å². The molecule has 2 rings (SSSR count). The predicted octanol–water partition coefficient (Wildman–Crippen LogP) is 5.37. The van der Waals surface area contributed by atoms with Gasteiger partial charge in [0, 0.05) is 10.9 Å². The molecule has 1 aliphatic carbocycles. The second kappa shape index (κ2) is 7.28. The summed E-state index contributed by atoms with van der Waals surface area (Å²) in [5.41, 5.74) is 0.462. The van der Waals surface area contributed by atoms with Crippen molar-refractivity contribution in [1.29, 1.82) is 0 Å². The van der Waals surface area contributed by atoms with E-state index >= 15 is 0 Å². The number of hydrogen-bond donors (Lipinski definition) is 1. The Morgan fingerprint density at radius 1 is 1.24 bits per heavy atom. The van der Waals surface area contributed by atoms with Crippen LogP contribution in [0.4, 0.5) is 0 Å². The minimum absolute atomic E-state index is 0.462. The normalized spacial score (nSPS) is 27.2. The molecule has 1 N–H and O–H groups in total. The molecule has 1 aliphatic rings. The summed E-state index contributed by atoms with van der Waals surface area (Å²) in [7, 11) is 0. The molecule has 0 amide bonds. The standard InChI is InChI=1S/C19H33NS/c1-14(2)20-13-15-8-9-17(19(3,4)5)11-16(15)12-18-7-6-10-21-18/h6-7,10,14-17,20H,8-9,11-13H2,1-5H3. The number of thiophene rings is 1. The second-order valence-corrected chi connectivity index (χ2v) is 9.27. The smallest absolute Gasteiger partial charge is 0.00480 e. The third-order valence-electron chi connectivity index (χ3n) is 5.20. The Bertz CT molecular complexity index is 402. The molecule has 0 radical (unpaired) electrons. The van der Waals surface area contributed by atoms with E-state index in [1.165, 1.54) is 32.2 Å². The molecular weight excluding hydrogens is 274 g/mol. The van der Waals surface area contributed by atoms with Crippen LogP contribution in [-0.4, -0.2) is 12.6 Å². The van der Waals surface area contributed by atoms with Crippen molar-refractivity contribution in [2.75, 3.05) is 6.54 Å². The topological polar surface area (TPSA) is 12.0 Å². The van der Waals surface area contributed by atoms with Crippen LogP contribution in [0.5, 0.6) is 0 Å². The fourth-order valence-electron chi connectivity index (χ4n) is 3.71. The summed E-state index contributed by atoms with van der Waals surface area (Å²) >= 11 is 1.93. The van der Waals surface area contributed by atoms with E-state index in [-0.39, 0.29) is 0 Å². The molecule has 0 aliphatic heterocycles. The zero-order valence-electron chi connectivity index (χ0n) is 14.5. The highest BCUT2D eigenvalue weighted by Gasteiger charge is 2.35. The van der Waals surface area contributed by atoms with Gasteiger partial charge in [-0.05, 0) is 66.8 Å². The minimum atomic E-state index is 0.462. The third kappa shape index (κ3) is 5.10. The molecular formula is C19H33NS. The van der Waals surface area contributed by atoms with Gasteiger partial charge in [0.2, 0.25) is 0 Å². The fraction of sp³-hybridized carbons (Fsp3) is 0.789. The Balaban J connectivity index is 2.02. The van der Waals surface area contributed by atoms with Crippen LogP contribution in [0.3, 0.4) is 0 Å². The zero-order chi connectivity index (χ0) is 15.5. The minimum Gasteiger partial charge on any atom is -0.314 e. The Hall–Kier alpha value is -0.340. The predicted molar refractivity (Wildman–Crippen MR) is 94.9 cm³/mol. The summed E-state index contributed by atoms with van der Waals surface area (Å²) in [5, 5.41) is 5.90. The number of nitrogens with one attached hydrogen (secondary N) is 1. The molecule has 120 valence electrons. The highest BCUT2D eigenvalue weighted by atomic mass is 32.1. The summed E-state index contributed by atoms with van der Waals surface area (Å²) in [4.78, 5) is 1.57. The van der Waals surface area contributed by atoms with Gasteiger partial charge in [-0.1, -0.05) is 40.7 Å². The molecule has 3 unspecified atom stereocenters. The first-order valence-corrected chi connectivity index (χ1v) is 9.50. The van der Waals surface area contributed by atoms with Crippen LogP contribution in [0, 0.1) is 23.2 Å². The average Bonchev–Trinajstić information content (AvgIpc) is 2.88. The molecule has 1 saturated carbocycles. The average molecular weight is 308 g/mol. The van der Waals surface area contributed by atoms with Crippen molar-refractivity contribution in [3.05, 3.63) is 22.4 Å². The summed E-state index contributed by atoms with van der Waals surface area (Å²) in [6.45, 7) is 13.0. The molecule has 1 fully saturated rings. The molecule has 2 heteroatoms. The second-order valence-electron chi connectivity index (χ2n) is 8.24. The quantitative estimate of drug-likeness (QED) is 0.771. The molecule has 0 aromatic carbocycles. The Kier molecular flexibility index (Phi) is 5.90. The van der Waals surface area contributed by atoms with Gasteiger partial charge >= 0.3 is 0 Å². The van der Waals surface area contributed by atoms with Crippen molar-refractivity contribution in [3.8, 4) is 0 Å². The zero-order valence-corrected chi connectivity index (χ0v) is 15.3. The number of hydrogen-bond acceptors (Lipinski definition) is 2. The first-order valence-electron chi connectivity index (χ1n) is 8.62. The first kappa shape index (κ1) is 17.0. The van der Waals surface area contributed by atoms with Crippen molar-refractivity contribution in [2.45, 2.75) is 66.3 Å². The van der Waals surface area contributed by atoms with Gasteiger partial charge in [0.05, 0.1) is 0 Å². The van der Waals surface area contributed by atoms with Gasteiger partial charge in [-0.15, -0.1) is 11.3 Å². The Morgan fingerprint density at radius 3 is 2.57 bits per heavy atom. The summed E-state index contributed by atoms with van der Waals surface area (Å²) in [6, 6.07) is 5.12. The van der Waals surface area contributed by atoms with E-state index in [4.69, 9.17) is 0 Å². The molecule has 1 nitrogen and oxygen atoms in total. The number of rotatable bonds is 5. The van der Waals surface area contributed by atoms with Crippen LogP contribution in [0.1, 0.15) is 58.8 Å². The Labute approximate surface area is 135 Å². The fourth-order valence-corrected chi connectivity index (χ4v) is 4.51. The molecule has 21 heavy (non-hydrogen) atoms. The molecule has 1 aromatic heterocycles. The van der Waals surface area contributed by atoms with E-state index in [9.17, 15) is 0 Å². The van der Waals surface area contributed by atoms with Crippen LogP contribution >= 0.6 is 11.3 Å². The molecule has 1 aromatic rings. The monoisotopic (exact) mass is 307 g/mol. The SMILES string of the molecule is CC(C)NCC1CCC(C(C)(C)C)CC1Cc1cccs1. The van der Waals surface area contributed by atoms with Crippen LogP contribution in [0.25, 0.3) is 0 Å². The lowest BCUT2D eigenvalue weighted by Gasteiger charge is -2.42. The van der Waals surface area contributed by atoms with E-state index in [0.717, 1.165) is 17.8 Å². The molecule has 3 atom stereocenters. The Morgan fingerprint density at radius 2 is 2.00 bits per heavy atom. The van der Waals surface area contributed by atoms with Crippen molar-refractivity contribution >= 4 is 11.3 Å². The van der Waals surface area contributed by atoms with Crippen molar-refractivity contribution in [2.24, 2.45) is 23.2 Å². The van der Waals surface area contributed by atoms with Gasteiger partial charge in [-0.25, -0.2) is 0 Å². The highest BCUT2D eigenvalue weighted by Crippen LogP contribution is 2.44. The van der Waals surface area contributed by atoms with Gasteiger partial charge in [0.15, 0.2) is 0 Å². The summed E-state index contributed by atoms with van der Waals surface area (Å²) in [6.07, 6.45) is 5.51. The van der Waals surface area contributed by atoms with Crippen LogP contribution in [0.15, 0.2) is 17.5 Å². The largest absolute Gasteiger partial charge is 0.314 e. The van der Waals surface area contributed by atoms with Crippen molar-refractivity contribution in [1.82, 2.24) is 5.32 Å². The van der Waals surface area contributed by atoms with Gasteiger partial charge in [0.25, 0.3) is 0 Å². The lowest BCUT2D eigenvalue weighted by Crippen LogP contribution is -2.39. The van der Waals surface area contributed by atoms with Gasteiger partial charge < -0.3 is 5.32 Å². The van der Waals surface area contributed by atoms with Crippen molar-refractivity contribution in [3.63, 3.8) is 0 Å². The van der Waals surface area contributed by atoms with E-state index in [0.29, 0.717) is 11.5 Å². The molecule has 0 saturated heterocycles. The third-order valence-corrected chi connectivity index (χ3v) is 6.10. The maximum atomic E-state index is 3.68. The van der Waals surface area contributed by atoms with Crippen LogP contribution < -0.4 is 5.32 Å². The summed E-state index contributed by atoms with van der Waals surface area (Å²) in [5.74, 6) is 2.60. The first-order chi connectivity index (χ1) is 9.86. The van der Waals surface area contributed by atoms with Crippen LogP contribution in [0.2, 0.25) is 0 Å². The van der Waals surface area contributed by atoms with E-state index in [1.807, 2.05) is 11.3 Å². The summed E-state index contributed by atoms with van der Waals surface area (Å²) < 4.78 is 0. The lowest BCUT2D eigenvalue weighted by atomic mass is 9.64. The highest BCUT2D eigenvalue weighted by molar-refractivity contribution is 7.09. The van der Waals surface area contributed by atoms with Gasteiger partial charge in [0.1, 0.15) is 0 Å².